The van der Waals surface area contributed by atoms with Crippen LogP contribution in [0.3, 0.4) is 0 Å². The molecular weight excluding hydrogens is 328 g/mol. The molecule has 0 N–H and O–H groups in total. The zero-order chi connectivity index (χ0) is 16.5. The summed E-state index contributed by atoms with van der Waals surface area (Å²) in [4.78, 5) is 18.8. The fraction of sp³-hybridized carbons (Fsp3) is 0.154. The van der Waals surface area contributed by atoms with Crippen molar-refractivity contribution >= 4 is 17.6 Å². The number of carbonyl (C=O) groups is 1. The van der Waals surface area contributed by atoms with E-state index in [9.17, 15) is 22.4 Å². The number of rotatable bonds is 2. The maximum Gasteiger partial charge on any atom is 0.417 e. The molecule has 1 heterocycles. The number of alkyl halides is 3. The number of halogens is 5. The third-order valence-corrected chi connectivity index (χ3v) is 3.01. The lowest BCUT2D eigenvalue weighted by Gasteiger charge is -2.15. The SMILES string of the molecule is COC(=O)c1nccnc1-c1c(C(F)(F)F)ccc(Cl)c1F. The van der Waals surface area contributed by atoms with Gasteiger partial charge in [-0.3, -0.25) is 4.98 Å². The Morgan fingerprint density at radius 3 is 2.45 bits per heavy atom. The molecule has 0 aliphatic heterocycles. The number of ether oxygens (including phenoxy) is 1. The first kappa shape index (κ1) is 16.2. The van der Waals surface area contributed by atoms with Crippen molar-refractivity contribution in [3.05, 3.63) is 46.6 Å². The van der Waals surface area contributed by atoms with E-state index in [0.717, 1.165) is 25.6 Å². The molecule has 2 aromatic rings. The lowest BCUT2D eigenvalue weighted by atomic mass is 10.0. The third kappa shape index (κ3) is 2.87. The minimum absolute atomic E-state index is 0.538. The van der Waals surface area contributed by atoms with Crippen LogP contribution in [0.4, 0.5) is 17.6 Å². The van der Waals surface area contributed by atoms with Gasteiger partial charge in [0.15, 0.2) is 11.5 Å². The lowest BCUT2D eigenvalue weighted by molar-refractivity contribution is -0.137. The van der Waals surface area contributed by atoms with Crippen molar-refractivity contribution in [3.63, 3.8) is 0 Å². The van der Waals surface area contributed by atoms with E-state index >= 15 is 0 Å². The Morgan fingerprint density at radius 2 is 1.86 bits per heavy atom. The van der Waals surface area contributed by atoms with E-state index < -0.39 is 45.5 Å². The maximum absolute atomic E-state index is 14.2. The fourth-order valence-corrected chi connectivity index (χ4v) is 1.94. The maximum atomic E-state index is 14.2. The van der Waals surface area contributed by atoms with Crippen molar-refractivity contribution in [1.29, 1.82) is 0 Å². The van der Waals surface area contributed by atoms with Crippen LogP contribution >= 0.6 is 11.6 Å². The predicted octanol–water partition coefficient (Wildman–Crippen LogP) is 3.74. The molecule has 116 valence electrons. The van der Waals surface area contributed by atoms with Crippen LogP contribution in [0.25, 0.3) is 11.3 Å². The van der Waals surface area contributed by atoms with Crippen molar-refractivity contribution in [1.82, 2.24) is 9.97 Å². The average molecular weight is 335 g/mol. The molecule has 1 aromatic heterocycles. The molecule has 0 bridgehead atoms. The van der Waals surface area contributed by atoms with E-state index in [2.05, 4.69) is 14.7 Å². The smallest absolute Gasteiger partial charge is 0.417 e. The van der Waals surface area contributed by atoms with Crippen molar-refractivity contribution in [2.45, 2.75) is 6.18 Å². The first-order chi connectivity index (χ1) is 10.3. The molecule has 0 saturated carbocycles. The number of benzene rings is 1. The van der Waals surface area contributed by atoms with Crippen LogP contribution in [0, 0.1) is 5.82 Å². The first-order valence-corrected chi connectivity index (χ1v) is 6.10. The van der Waals surface area contributed by atoms with E-state index in [1.54, 1.807) is 0 Å². The molecule has 0 amide bonds. The molecule has 0 atom stereocenters. The second-order valence-electron chi connectivity index (χ2n) is 4.03. The van der Waals surface area contributed by atoms with Gasteiger partial charge in [0.05, 0.1) is 23.3 Å². The van der Waals surface area contributed by atoms with Crippen LogP contribution in [-0.4, -0.2) is 23.0 Å². The Labute approximate surface area is 126 Å². The van der Waals surface area contributed by atoms with Gasteiger partial charge in [-0.1, -0.05) is 11.6 Å². The van der Waals surface area contributed by atoms with Crippen molar-refractivity contribution in [2.24, 2.45) is 0 Å². The van der Waals surface area contributed by atoms with Crippen LogP contribution in [-0.2, 0) is 10.9 Å². The van der Waals surface area contributed by atoms with Gasteiger partial charge in [0.25, 0.3) is 0 Å². The molecule has 0 unspecified atom stereocenters. The highest BCUT2D eigenvalue weighted by molar-refractivity contribution is 6.31. The Kier molecular flexibility index (Phi) is 4.32. The van der Waals surface area contributed by atoms with E-state index in [4.69, 9.17) is 11.6 Å². The zero-order valence-electron chi connectivity index (χ0n) is 10.9. The molecule has 0 aliphatic carbocycles. The number of aromatic nitrogens is 2. The minimum Gasteiger partial charge on any atom is -0.464 e. The normalized spacial score (nSPS) is 11.4. The summed E-state index contributed by atoms with van der Waals surface area (Å²) >= 11 is 5.54. The van der Waals surface area contributed by atoms with Crippen molar-refractivity contribution in [2.75, 3.05) is 7.11 Å². The Morgan fingerprint density at radius 1 is 1.23 bits per heavy atom. The molecule has 0 aliphatic rings. The van der Waals surface area contributed by atoms with Gasteiger partial charge in [0, 0.05) is 12.4 Å². The quantitative estimate of drug-likeness (QED) is 0.620. The number of nitrogens with zero attached hydrogens (tertiary/aromatic N) is 2. The van der Waals surface area contributed by atoms with Gasteiger partial charge in [-0.15, -0.1) is 0 Å². The molecular formula is C13H7ClF4N2O2. The number of hydrogen-bond donors (Lipinski definition) is 0. The van der Waals surface area contributed by atoms with Crippen molar-refractivity contribution in [3.8, 4) is 11.3 Å². The van der Waals surface area contributed by atoms with Gasteiger partial charge in [-0.05, 0) is 12.1 Å². The van der Waals surface area contributed by atoms with Crippen molar-refractivity contribution < 1.29 is 27.1 Å². The molecule has 22 heavy (non-hydrogen) atoms. The Bertz CT molecular complexity index is 734. The van der Waals surface area contributed by atoms with Gasteiger partial charge in [0.1, 0.15) is 5.69 Å². The van der Waals surface area contributed by atoms with Gasteiger partial charge >= 0.3 is 12.1 Å². The lowest BCUT2D eigenvalue weighted by Crippen LogP contribution is -2.13. The number of hydrogen-bond acceptors (Lipinski definition) is 4. The molecule has 0 spiro atoms. The third-order valence-electron chi connectivity index (χ3n) is 2.71. The second kappa shape index (κ2) is 5.88. The molecule has 9 heteroatoms. The summed E-state index contributed by atoms with van der Waals surface area (Å²) < 4.78 is 57.8. The summed E-state index contributed by atoms with van der Waals surface area (Å²) in [6.07, 6.45) is -2.76. The van der Waals surface area contributed by atoms with E-state index in [1.165, 1.54) is 0 Å². The highest BCUT2D eigenvalue weighted by atomic mass is 35.5. The highest BCUT2D eigenvalue weighted by Gasteiger charge is 2.37. The van der Waals surface area contributed by atoms with Gasteiger partial charge < -0.3 is 4.74 Å². The Hall–Kier alpha value is -2.22. The number of esters is 1. The molecule has 1 aromatic carbocycles. The molecule has 0 fully saturated rings. The van der Waals surface area contributed by atoms with E-state index in [0.29, 0.717) is 6.07 Å². The zero-order valence-corrected chi connectivity index (χ0v) is 11.7. The summed E-state index contributed by atoms with van der Waals surface area (Å²) in [5, 5.41) is -0.538. The van der Waals surface area contributed by atoms with Crippen LogP contribution in [0.1, 0.15) is 16.1 Å². The van der Waals surface area contributed by atoms with E-state index in [-0.39, 0.29) is 0 Å². The summed E-state index contributed by atoms with van der Waals surface area (Å²) in [5.74, 6) is -2.39. The molecule has 0 saturated heterocycles. The monoisotopic (exact) mass is 334 g/mol. The summed E-state index contributed by atoms with van der Waals surface area (Å²) in [5.41, 5.74) is -3.41. The second-order valence-corrected chi connectivity index (χ2v) is 4.43. The van der Waals surface area contributed by atoms with Crippen LogP contribution in [0.2, 0.25) is 5.02 Å². The minimum atomic E-state index is -4.87. The predicted molar refractivity (Wildman–Crippen MR) is 68.8 cm³/mol. The Balaban J connectivity index is 2.83. The molecule has 0 radical (unpaired) electrons. The van der Waals surface area contributed by atoms with Crippen LogP contribution in [0.5, 0.6) is 0 Å². The van der Waals surface area contributed by atoms with Gasteiger partial charge in [-0.2, -0.15) is 13.2 Å². The standard InChI is InChI=1S/C13H7ClF4N2O2/c1-22-12(21)11-10(19-4-5-20-11)8-6(13(16,17)18)2-3-7(14)9(8)15/h2-5H,1H3. The van der Waals surface area contributed by atoms with Gasteiger partial charge in [-0.25, -0.2) is 14.2 Å². The molecule has 2 rings (SSSR count). The average Bonchev–Trinajstić information content (AvgIpc) is 2.48. The largest absolute Gasteiger partial charge is 0.464 e. The summed E-state index contributed by atoms with van der Waals surface area (Å²) in [6.45, 7) is 0. The first-order valence-electron chi connectivity index (χ1n) is 5.72. The molecule has 4 nitrogen and oxygen atoms in total. The van der Waals surface area contributed by atoms with E-state index in [1.807, 2.05) is 0 Å². The number of methoxy groups -OCH3 is 1. The fourth-order valence-electron chi connectivity index (χ4n) is 1.79. The topological polar surface area (TPSA) is 52.1 Å². The van der Waals surface area contributed by atoms with Crippen LogP contribution < -0.4 is 0 Å². The highest BCUT2D eigenvalue weighted by Crippen LogP contribution is 2.40. The van der Waals surface area contributed by atoms with Gasteiger partial charge in [0.2, 0.25) is 0 Å². The van der Waals surface area contributed by atoms with Crippen LogP contribution in [0.15, 0.2) is 24.5 Å². The summed E-state index contributed by atoms with van der Waals surface area (Å²) in [7, 11) is 1.01. The summed E-state index contributed by atoms with van der Waals surface area (Å²) in [6, 6.07) is 1.38. The number of carbonyl (C=O) groups excluding carboxylic acids is 1.